The van der Waals surface area contributed by atoms with Gasteiger partial charge in [0.05, 0.1) is 16.5 Å². The molecular formula is C17H16N2O3. The maximum absolute atomic E-state index is 11.9. The molecule has 2 aromatic carbocycles. The third-order valence-electron chi connectivity index (χ3n) is 3.21. The standard InChI is InChI=1S/C17H16N2O3/c1-13(14-7-3-2-4-8-14)18-17(20)12-11-15-9-5-6-10-16(15)19(21)22/h2-13H,1H3,(H,18,20)/b12-11+/t13-/m1/s1. The monoisotopic (exact) mass is 296 g/mol. The Bertz CT molecular complexity index is 696. The van der Waals surface area contributed by atoms with Gasteiger partial charge in [0.1, 0.15) is 0 Å². The molecule has 0 bridgehead atoms. The first-order valence-electron chi connectivity index (χ1n) is 6.85. The van der Waals surface area contributed by atoms with E-state index >= 15 is 0 Å². The van der Waals surface area contributed by atoms with E-state index in [9.17, 15) is 14.9 Å². The molecule has 0 saturated heterocycles. The second kappa shape index (κ2) is 7.17. The van der Waals surface area contributed by atoms with E-state index in [2.05, 4.69) is 5.32 Å². The van der Waals surface area contributed by atoms with E-state index in [1.165, 1.54) is 18.2 Å². The van der Waals surface area contributed by atoms with E-state index in [1.54, 1.807) is 18.2 Å². The van der Waals surface area contributed by atoms with Gasteiger partial charge in [-0.1, -0.05) is 42.5 Å². The van der Waals surface area contributed by atoms with Crippen LogP contribution in [-0.4, -0.2) is 10.8 Å². The zero-order valence-corrected chi connectivity index (χ0v) is 12.1. The lowest BCUT2D eigenvalue weighted by Crippen LogP contribution is -2.24. The molecule has 0 aliphatic heterocycles. The summed E-state index contributed by atoms with van der Waals surface area (Å²) in [6.07, 6.45) is 2.76. The topological polar surface area (TPSA) is 72.2 Å². The summed E-state index contributed by atoms with van der Waals surface area (Å²) in [6.45, 7) is 1.88. The van der Waals surface area contributed by atoms with Crippen molar-refractivity contribution in [3.05, 3.63) is 81.9 Å². The Balaban J connectivity index is 2.05. The Labute approximate surface area is 128 Å². The Morgan fingerprint density at radius 3 is 2.45 bits per heavy atom. The number of nitrogens with one attached hydrogen (secondary N) is 1. The summed E-state index contributed by atoms with van der Waals surface area (Å²) in [5.74, 6) is -0.297. The summed E-state index contributed by atoms with van der Waals surface area (Å²) in [5.41, 5.74) is 1.37. The number of carbonyl (C=O) groups excluding carboxylic acids is 1. The summed E-state index contributed by atoms with van der Waals surface area (Å²) in [5, 5.41) is 13.7. The molecule has 2 aromatic rings. The zero-order chi connectivity index (χ0) is 15.9. The molecule has 5 nitrogen and oxygen atoms in total. The van der Waals surface area contributed by atoms with Crippen LogP contribution in [0.1, 0.15) is 24.1 Å². The van der Waals surface area contributed by atoms with Crippen LogP contribution in [0.15, 0.2) is 60.7 Å². The smallest absolute Gasteiger partial charge is 0.276 e. The summed E-state index contributed by atoms with van der Waals surface area (Å²) >= 11 is 0. The van der Waals surface area contributed by atoms with Crippen molar-refractivity contribution in [1.29, 1.82) is 0 Å². The average Bonchev–Trinajstić information content (AvgIpc) is 2.54. The lowest BCUT2D eigenvalue weighted by atomic mass is 10.1. The molecule has 0 saturated carbocycles. The van der Waals surface area contributed by atoms with Gasteiger partial charge in [-0.3, -0.25) is 14.9 Å². The number of rotatable bonds is 5. The van der Waals surface area contributed by atoms with Crippen LogP contribution in [0.2, 0.25) is 0 Å². The van der Waals surface area contributed by atoms with Crippen molar-refractivity contribution in [1.82, 2.24) is 5.32 Å². The quantitative estimate of drug-likeness (QED) is 0.521. The molecule has 22 heavy (non-hydrogen) atoms. The molecule has 1 N–H and O–H groups in total. The zero-order valence-electron chi connectivity index (χ0n) is 12.1. The molecule has 0 radical (unpaired) electrons. The normalized spacial score (nSPS) is 12.0. The number of para-hydroxylation sites is 1. The van der Waals surface area contributed by atoms with E-state index < -0.39 is 4.92 Å². The van der Waals surface area contributed by atoms with Crippen LogP contribution in [0.5, 0.6) is 0 Å². The first-order valence-corrected chi connectivity index (χ1v) is 6.85. The van der Waals surface area contributed by atoms with Crippen LogP contribution in [0.4, 0.5) is 5.69 Å². The average molecular weight is 296 g/mol. The highest BCUT2D eigenvalue weighted by Gasteiger charge is 2.10. The van der Waals surface area contributed by atoms with Crippen molar-refractivity contribution in [2.75, 3.05) is 0 Å². The van der Waals surface area contributed by atoms with Crippen LogP contribution in [0, 0.1) is 10.1 Å². The molecule has 0 aliphatic rings. The van der Waals surface area contributed by atoms with Crippen LogP contribution < -0.4 is 5.32 Å². The predicted octanol–water partition coefficient (Wildman–Crippen LogP) is 3.49. The molecule has 2 rings (SSSR count). The van der Waals surface area contributed by atoms with E-state index in [-0.39, 0.29) is 17.6 Å². The highest BCUT2D eigenvalue weighted by Crippen LogP contribution is 2.19. The molecule has 0 aromatic heterocycles. The van der Waals surface area contributed by atoms with Crippen molar-refractivity contribution < 1.29 is 9.72 Å². The van der Waals surface area contributed by atoms with Crippen LogP contribution in [-0.2, 0) is 4.79 Å². The number of nitrogens with zero attached hydrogens (tertiary/aromatic N) is 1. The molecule has 0 fully saturated rings. The Morgan fingerprint density at radius 2 is 1.77 bits per heavy atom. The number of benzene rings is 2. The van der Waals surface area contributed by atoms with Crippen LogP contribution >= 0.6 is 0 Å². The van der Waals surface area contributed by atoms with Gasteiger partial charge in [0, 0.05) is 12.1 Å². The number of nitro groups is 1. The van der Waals surface area contributed by atoms with E-state index in [0.717, 1.165) is 5.56 Å². The molecular weight excluding hydrogens is 280 g/mol. The minimum atomic E-state index is -0.468. The molecule has 0 aliphatic carbocycles. The van der Waals surface area contributed by atoms with Gasteiger partial charge >= 0.3 is 0 Å². The Morgan fingerprint density at radius 1 is 1.14 bits per heavy atom. The molecule has 5 heteroatoms. The fraction of sp³-hybridized carbons (Fsp3) is 0.118. The highest BCUT2D eigenvalue weighted by atomic mass is 16.6. The van der Waals surface area contributed by atoms with Gasteiger partial charge in [0.15, 0.2) is 0 Å². The lowest BCUT2D eigenvalue weighted by Gasteiger charge is -2.12. The summed E-state index contributed by atoms with van der Waals surface area (Å²) in [6, 6.07) is 15.7. The highest BCUT2D eigenvalue weighted by molar-refractivity contribution is 5.92. The maximum atomic E-state index is 11.9. The van der Waals surface area contributed by atoms with Crippen molar-refractivity contribution in [3.63, 3.8) is 0 Å². The molecule has 0 heterocycles. The van der Waals surface area contributed by atoms with Crippen molar-refractivity contribution in [2.24, 2.45) is 0 Å². The Kier molecular flexibility index (Phi) is 5.03. The fourth-order valence-corrected chi connectivity index (χ4v) is 2.05. The van der Waals surface area contributed by atoms with E-state index in [0.29, 0.717) is 5.56 Å². The third kappa shape index (κ3) is 4.02. The number of hydrogen-bond donors (Lipinski definition) is 1. The van der Waals surface area contributed by atoms with Gasteiger partial charge in [0.2, 0.25) is 5.91 Å². The lowest BCUT2D eigenvalue weighted by molar-refractivity contribution is -0.385. The molecule has 0 unspecified atom stereocenters. The molecule has 1 amide bonds. The predicted molar refractivity (Wildman–Crippen MR) is 85.1 cm³/mol. The minimum absolute atomic E-state index is 0.0253. The second-order valence-corrected chi connectivity index (χ2v) is 4.79. The molecule has 1 atom stereocenters. The minimum Gasteiger partial charge on any atom is -0.346 e. The van der Waals surface area contributed by atoms with E-state index in [4.69, 9.17) is 0 Å². The van der Waals surface area contributed by atoms with Gasteiger partial charge in [0.25, 0.3) is 5.69 Å². The molecule has 112 valence electrons. The van der Waals surface area contributed by atoms with Crippen LogP contribution in [0.3, 0.4) is 0 Å². The first kappa shape index (κ1) is 15.4. The van der Waals surface area contributed by atoms with Gasteiger partial charge in [-0.2, -0.15) is 0 Å². The number of carbonyl (C=O) groups is 1. The van der Waals surface area contributed by atoms with E-state index in [1.807, 2.05) is 37.3 Å². The van der Waals surface area contributed by atoms with Gasteiger partial charge in [-0.25, -0.2) is 0 Å². The van der Waals surface area contributed by atoms with Crippen molar-refractivity contribution >= 4 is 17.7 Å². The van der Waals surface area contributed by atoms with Gasteiger partial charge in [-0.05, 0) is 24.6 Å². The van der Waals surface area contributed by atoms with Crippen molar-refractivity contribution in [3.8, 4) is 0 Å². The molecule has 0 spiro atoms. The van der Waals surface area contributed by atoms with Gasteiger partial charge < -0.3 is 5.32 Å². The number of hydrogen-bond acceptors (Lipinski definition) is 3. The second-order valence-electron chi connectivity index (χ2n) is 4.79. The van der Waals surface area contributed by atoms with Gasteiger partial charge in [-0.15, -0.1) is 0 Å². The number of amides is 1. The SMILES string of the molecule is C[C@@H](NC(=O)/C=C/c1ccccc1[N+](=O)[O-])c1ccccc1. The summed E-state index contributed by atoms with van der Waals surface area (Å²) in [4.78, 5) is 22.3. The third-order valence-corrected chi connectivity index (χ3v) is 3.21. The number of nitro benzene ring substituents is 1. The Hall–Kier alpha value is -2.95. The first-order chi connectivity index (χ1) is 10.6. The fourth-order valence-electron chi connectivity index (χ4n) is 2.05. The summed E-state index contributed by atoms with van der Waals surface area (Å²) < 4.78 is 0. The van der Waals surface area contributed by atoms with Crippen LogP contribution in [0.25, 0.3) is 6.08 Å². The maximum Gasteiger partial charge on any atom is 0.276 e. The summed E-state index contributed by atoms with van der Waals surface area (Å²) in [7, 11) is 0. The largest absolute Gasteiger partial charge is 0.346 e. The van der Waals surface area contributed by atoms with Crippen molar-refractivity contribution in [2.45, 2.75) is 13.0 Å².